The standard InChI is InChI=1S/C15H21NO3/c1-15(2,3)16(14(17)18)12(13-10-19-13)9-11-7-5-4-6-8-11/h4-8,12-13H,9-10H2,1-3H3,(H,17,18)/t12-,13+/m0/s1. The number of carboxylic acid groups (broad SMARTS) is 1. The molecule has 0 spiro atoms. The maximum Gasteiger partial charge on any atom is 0.408 e. The summed E-state index contributed by atoms with van der Waals surface area (Å²) in [6.45, 7) is 6.40. The van der Waals surface area contributed by atoms with Crippen molar-refractivity contribution < 1.29 is 14.6 Å². The van der Waals surface area contributed by atoms with E-state index in [-0.39, 0.29) is 12.1 Å². The van der Waals surface area contributed by atoms with E-state index < -0.39 is 11.6 Å². The predicted molar refractivity (Wildman–Crippen MR) is 73.3 cm³/mol. The molecule has 1 aromatic rings. The van der Waals surface area contributed by atoms with Crippen LogP contribution in [0, 0.1) is 0 Å². The lowest BCUT2D eigenvalue weighted by molar-refractivity contribution is 0.0594. The van der Waals surface area contributed by atoms with E-state index in [1.54, 1.807) is 0 Å². The quantitative estimate of drug-likeness (QED) is 0.850. The maximum absolute atomic E-state index is 11.6. The van der Waals surface area contributed by atoms with Gasteiger partial charge in [0.2, 0.25) is 0 Å². The molecule has 2 rings (SSSR count). The minimum Gasteiger partial charge on any atom is -0.465 e. The zero-order valence-corrected chi connectivity index (χ0v) is 11.7. The summed E-state index contributed by atoms with van der Waals surface area (Å²) < 4.78 is 5.36. The Morgan fingerprint density at radius 3 is 2.42 bits per heavy atom. The van der Waals surface area contributed by atoms with E-state index in [2.05, 4.69) is 0 Å². The number of hydrogen-bond donors (Lipinski definition) is 1. The van der Waals surface area contributed by atoms with Crippen molar-refractivity contribution in [2.45, 2.75) is 44.9 Å². The second-order valence-electron chi connectivity index (χ2n) is 5.95. The number of epoxide rings is 1. The van der Waals surface area contributed by atoms with Crippen LogP contribution in [0.25, 0.3) is 0 Å². The van der Waals surface area contributed by atoms with Gasteiger partial charge in [-0.2, -0.15) is 0 Å². The van der Waals surface area contributed by atoms with Crippen molar-refractivity contribution in [1.82, 2.24) is 4.90 Å². The smallest absolute Gasteiger partial charge is 0.408 e. The highest BCUT2D eigenvalue weighted by atomic mass is 16.6. The summed E-state index contributed by atoms with van der Waals surface area (Å²) in [6.07, 6.45) is -0.172. The lowest BCUT2D eigenvalue weighted by Crippen LogP contribution is -2.54. The van der Waals surface area contributed by atoms with Crippen molar-refractivity contribution in [3.8, 4) is 0 Å². The molecule has 19 heavy (non-hydrogen) atoms. The van der Waals surface area contributed by atoms with Crippen LogP contribution in [0.1, 0.15) is 26.3 Å². The number of carbonyl (C=O) groups is 1. The third-order valence-electron chi connectivity index (χ3n) is 3.34. The lowest BCUT2D eigenvalue weighted by atomic mass is 9.96. The maximum atomic E-state index is 11.6. The fourth-order valence-corrected chi connectivity index (χ4v) is 2.45. The Morgan fingerprint density at radius 1 is 1.42 bits per heavy atom. The summed E-state index contributed by atoms with van der Waals surface area (Å²) in [7, 11) is 0. The average molecular weight is 263 g/mol. The van der Waals surface area contributed by atoms with E-state index in [0.717, 1.165) is 5.56 Å². The topological polar surface area (TPSA) is 53.1 Å². The number of benzene rings is 1. The summed E-state index contributed by atoms with van der Waals surface area (Å²) in [5, 5.41) is 9.50. The van der Waals surface area contributed by atoms with Gasteiger partial charge in [-0.25, -0.2) is 4.79 Å². The molecule has 1 N–H and O–H groups in total. The fraction of sp³-hybridized carbons (Fsp3) is 0.533. The SMILES string of the molecule is CC(C)(C)N(C(=O)O)[C@@H](Cc1ccccc1)[C@H]1CO1. The minimum atomic E-state index is -0.885. The number of nitrogens with zero attached hydrogens (tertiary/aromatic N) is 1. The van der Waals surface area contributed by atoms with E-state index in [9.17, 15) is 9.90 Å². The van der Waals surface area contributed by atoms with Crippen molar-refractivity contribution >= 4 is 6.09 Å². The van der Waals surface area contributed by atoms with Crippen molar-refractivity contribution in [2.24, 2.45) is 0 Å². The van der Waals surface area contributed by atoms with E-state index in [1.165, 1.54) is 4.90 Å². The molecule has 0 bridgehead atoms. The highest BCUT2D eigenvalue weighted by molar-refractivity contribution is 5.66. The van der Waals surface area contributed by atoms with Gasteiger partial charge in [-0.1, -0.05) is 30.3 Å². The first-order valence-corrected chi connectivity index (χ1v) is 6.57. The molecule has 1 fully saturated rings. The van der Waals surface area contributed by atoms with E-state index >= 15 is 0 Å². The predicted octanol–water partition coefficient (Wildman–Crippen LogP) is 2.78. The molecule has 104 valence electrons. The number of hydrogen-bond acceptors (Lipinski definition) is 2. The fourth-order valence-electron chi connectivity index (χ4n) is 2.45. The summed E-state index contributed by atoms with van der Waals surface area (Å²) in [5.74, 6) is 0. The highest BCUT2D eigenvalue weighted by Gasteiger charge is 2.43. The van der Waals surface area contributed by atoms with Gasteiger partial charge in [-0.3, -0.25) is 4.90 Å². The molecule has 1 amide bonds. The van der Waals surface area contributed by atoms with E-state index in [1.807, 2.05) is 51.1 Å². The Bertz CT molecular complexity index is 434. The van der Waals surface area contributed by atoms with Crippen molar-refractivity contribution in [1.29, 1.82) is 0 Å². The number of amides is 1. The molecular formula is C15H21NO3. The Kier molecular flexibility index (Phi) is 3.80. The van der Waals surface area contributed by atoms with Gasteiger partial charge < -0.3 is 9.84 Å². The zero-order chi connectivity index (χ0) is 14.0. The summed E-state index contributed by atoms with van der Waals surface area (Å²) in [4.78, 5) is 13.1. The first-order valence-electron chi connectivity index (χ1n) is 6.57. The van der Waals surface area contributed by atoms with Gasteiger partial charge in [0, 0.05) is 5.54 Å². The summed E-state index contributed by atoms with van der Waals surface area (Å²) in [5.41, 5.74) is 0.704. The van der Waals surface area contributed by atoms with Crippen LogP contribution in [0.2, 0.25) is 0 Å². The molecule has 4 heteroatoms. The largest absolute Gasteiger partial charge is 0.465 e. The molecule has 0 aromatic heterocycles. The average Bonchev–Trinajstić information content (AvgIpc) is 3.10. The van der Waals surface area contributed by atoms with Crippen molar-refractivity contribution in [2.75, 3.05) is 6.61 Å². The zero-order valence-electron chi connectivity index (χ0n) is 11.7. The van der Waals surface area contributed by atoms with Gasteiger partial charge in [0.25, 0.3) is 0 Å². The van der Waals surface area contributed by atoms with Gasteiger partial charge in [0.1, 0.15) is 6.10 Å². The van der Waals surface area contributed by atoms with E-state index in [4.69, 9.17) is 4.74 Å². The van der Waals surface area contributed by atoms with E-state index in [0.29, 0.717) is 13.0 Å². The van der Waals surface area contributed by atoms with Gasteiger partial charge in [-0.05, 0) is 32.8 Å². The Labute approximate surface area is 114 Å². The van der Waals surface area contributed by atoms with Crippen molar-refractivity contribution in [3.63, 3.8) is 0 Å². The Balaban J connectivity index is 2.21. The molecule has 1 aliphatic rings. The molecule has 1 aromatic carbocycles. The molecule has 0 aliphatic carbocycles. The van der Waals surface area contributed by atoms with Crippen LogP contribution in [0.15, 0.2) is 30.3 Å². The molecular weight excluding hydrogens is 242 g/mol. The molecule has 0 unspecified atom stereocenters. The summed E-state index contributed by atoms with van der Waals surface area (Å²) >= 11 is 0. The molecule has 4 nitrogen and oxygen atoms in total. The second kappa shape index (κ2) is 5.21. The van der Waals surface area contributed by atoms with Crippen LogP contribution in [-0.4, -0.2) is 40.4 Å². The molecule has 1 saturated heterocycles. The first kappa shape index (κ1) is 13.9. The summed E-state index contributed by atoms with van der Waals surface area (Å²) in [6, 6.07) is 9.84. The highest BCUT2D eigenvalue weighted by Crippen LogP contribution is 2.28. The minimum absolute atomic E-state index is 0.0236. The van der Waals surface area contributed by atoms with Gasteiger partial charge >= 0.3 is 6.09 Å². The third-order valence-corrected chi connectivity index (χ3v) is 3.34. The Morgan fingerprint density at radius 2 is 2.00 bits per heavy atom. The van der Waals surface area contributed by atoms with Crippen LogP contribution in [0.3, 0.4) is 0 Å². The molecule has 1 aliphatic heterocycles. The number of rotatable bonds is 4. The van der Waals surface area contributed by atoms with Crippen molar-refractivity contribution in [3.05, 3.63) is 35.9 Å². The van der Waals surface area contributed by atoms with Crippen LogP contribution in [-0.2, 0) is 11.2 Å². The molecule has 2 atom stereocenters. The molecule has 0 radical (unpaired) electrons. The van der Waals surface area contributed by atoms with Gasteiger partial charge in [0.15, 0.2) is 0 Å². The molecule has 0 saturated carbocycles. The van der Waals surface area contributed by atoms with Crippen LogP contribution >= 0.6 is 0 Å². The monoisotopic (exact) mass is 263 g/mol. The van der Waals surface area contributed by atoms with Crippen LogP contribution in [0.4, 0.5) is 4.79 Å². The first-order chi connectivity index (χ1) is 8.89. The normalized spacial score (nSPS) is 19.8. The van der Waals surface area contributed by atoms with Gasteiger partial charge in [0.05, 0.1) is 12.6 Å². The second-order valence-corrected chi connectivity index (χ2v) is 5.95. The number of ether oxygens (including phenoxy) is 1. The van der Waals surface area contributed by atoms with Crippen LogP contribution in [0.5, 0.6) is 0 Å². The van der Waals surface area contributed by atoms with Crippen LogP contribution < -0.4 is 0 Å². The Hall–Kier alpha value is -1.55. The third kappa shape index (κ3) is 3.47. The molecule has 1 heterocycles. The lowest BCUT2D eigenvalue weighted by Gasteiger charge is -2.39. The van der Waals surface area contributed by atoms with Gasteiger partial charge in [-0.15, -0.1) is 0 Å².